The second kappa shape index (κ2) is 8.92. The van der Waals surface area contributed by atoms with Crippen LogP contribution in [0, 0.1) is 0 Å². The Hall–Kier alpha value is -2.76. The number of carbonyl (C=O) groups excluding carboxylic acids is 1. The first-order valence-corrected chi connectivity index (χ1v) is 8.29. The number of anilines is 2. The number of unbranched alkanes of at least 4 members (excludes halogenated alkanes) is 1. The van der Waals surface area contributed by atoms with Gasteiger partial charge in [-0.3, -0.25) is 4.79 Å². The van der Waals surface area contributed by atoms with Gasteiger partial charge in [-0.05, 0) is 30.7 Å². The number of rotatable bonds is 8. The van der Waals surface area contributed by atoms with Crippen molar-refractivity contribution in [2.24, 2.45) is 0 Å². The minimum Gasteiger partial charge on any atom is -0.497 e. The van der Waals surface area contributed by atoms with E-state index in [0.29, 0.717) is 22.9 Å². The van der Waals surface area contributed by atoms with Crippen LogP contribution in [0.2, 0.25) is 0 Å². The molecule has 134 valence electrons. The summed E-state index contributed by atoms with van der Waals surface area (Å²) in [5, 5.41) is 3.19. The van der Waals surface area contributed by atoms with E-state index >= 15 is 0 Å². The van der Waals surface area contributed by atoms with Crippen molar-refractivity contribution < 1.29 is 14.3 Å². The Labute approximate surface area is 148 Å². The molecule has 2 aromatic rings. The molecule has 25 heavy (non-hydrogen) atoms. The number of benzene rings is 1. The topological polar surface area (TPSA) is 63.7 Å². The minimum atomic E-state index is -0.0171. The Balaban J connectivity index is 2.20. The van der Waals surface area contributed by atoms with Crippen LogP contribution >= 0.6 is 0 Å². The van der Waals surface area contributed by atoms with Crippen LogP contribution in [0.3, 0.4) is 0 Å². The highest BCUT2D eigenvalue weighted by molar-refractivity contribution is 5.94. The highest BCUT2D eigenvalue weighted by Gasteiger charge is 2.13. The number of nitrogens with one attached hydrogen (secondary N) is 1. The molecule has 0 spiro atoms. The second-order valence-corrected chi connectivity index (χ2v) is 5.70. The summed E-state index contributed by atoms with van der Waals surface area (Å²) in [6, 6.07) is 8.92. The first-order valence-electron chi connectivity index (χ1n) is 8.29. The maximum absolute atomic E-state index is 12.5. The quantitative estimate of drug-likeness (QED) is 0.791. The van der Waals surface area contributed by atoms with Gasteiger partial charge in [0.1, 0.15) is 17.3 Å². The number of hydrogen-bond acceptors (Lipinski definition) is 5. The molecule has 0 fully saturated rings. The Morgan fingerprint density at radius 3 is 2.68 bits per heavy atom. The van der Waals surface area contributed by atoms with Gasteiger partial charge in [0.2, 0.25) is 0 Å². The molecule has 0 bridgehead atoms. The Bertz CT molecular complexity index is 719. The number of amides is 1. The highest BCUT2D eigenvalue weighted by atomic mass is 16.5. The molecule has 1 N–H and O–H groups in total. The molecule has 0 unspecified atom stereocenters. The van der Waals surface area contributed by atoms with Gasteiger partial charge in [-0.2, -0.15) is 0 Å². The monoisotopic (exact) mass is 343 g/mol. The van der Waals surface area contributed by atoms with Crippen LogP contribution in [-0.4, -0.2) is 43.6 Å². The summed E-state index contributed by atoms with van der Waals surface area (Å²) in [4.78, 5) is 18.5. The summed E-state index contributed by atoms with van der Waals surface area (Å²) >= 11 is 0. The van der Waals surface area contributed by atoms with Crippen LogP contribution in [0.15, 0.2) is 36.5 Å². The molecule has 6 heteroatoms. The van der Waals surface area contributed by atoms with Gasteiger partial charge in [-0.25, -0.2) is 4.98 Å². The zero-order valence-electron chi connectivity index (χ0n) is 15.2. The number of pyridine rings is 1. The van der Waals surface area contributed by atoms with Crippen LogP contribution in [0.1, 0.15) is 30.1 Å². The fraction of sp³-hybridized carbons (Fsp3) is 0.368. The fourth-order valence-electron chi connectivity index (χ4n) is 2.40. The zero-order chi connectivity index (χ0) is 18.2. The Morgan fingerprint density at radius 2 is 2.00 bits per heavy atom. The van der Waals surface area contributed by atoms with Crippen molar-refractivity contribution >= 4 is 17.4 Å². The zero-order valence-corrected chi connectivity index (χ0v) is 15.2. The molecule has 1 aromatic heterocycles. The van der Waals surface area contributed by atoms with Crippen LogP contribution in [0.5, 0.6) is 11.5 Å². The summed E-state index contributed by atoms with van der Waals surface area (Å²) in [5.74, 6) is 1.92. The molecular weight excluding hydrogens is 318 g/mol. The fourth-order valence-corrected chi connectivity index (χ4v) is 2.40. The predicted octanol–water partition coefficient (Wildman–Crippen LogP) is 3.71. The standard InChI is InChI=1S/C19H25N3O3/c1-5-6-11-22(2)19(23)14-9-10-20-18(12-14)21-16-13-15(24-3)7-8-17(16)25-4/h7-10,12-13H,5-6,11H2,1-4H3,(H,20,21). The van der Waals surface area contributed by atoms with Crippen molar-refractivity contribution in [3.8, 4) is 11.5 Å². The lowest BCUT2D eigenvalue weighted by Crippen LogP contribution is -2.27. The van der Waals surface area contributed by atoms with Crippen molar-refractivity contribution in [3.63, 3.8) is 0 Å². The third-order valence-corrected chi connectivity index (χ3v) is 3.87. The van der Waals surface area contributed by atoms with Crippen LogP contribution in [-0.2, 0) is 0 Å². The largest absolute Gasteiger partial charge is 0.497 e. The third kappa shape index (κ3) is 4.86. The SMILES string of the molecule is CCCCN(C)C(=O)c1ccnc(Nc2cc(OC)ccc2OC)c1. The summed E-state index contributed by atoms with van der Waals surface area (Å²) in [6.07, 6.45) is 3.66. The minimum absolute atomic E-state index is 0.0171. The number of carbonyl (C=O) groups is 1. The molecule has 0 saturated heterocycles. The smallest absolute Gasteiger partial charge is 0.253 e. The van der Waals surface area contributed by atoms with E-state index < -0.39 is 0 Å². The maximum atomic E-state index is 12.5. The van der Waals surface area contributed by atoms with E-state index in [2.05, 4.69) is 17.2 Å². The van der Waals surface area contributed by atoms with E-state index in [-0.39, 0.29) is 5.91 Å². The van der Waals surface area contributed by atoms with Crippen molar-refractivity contribution in [1.29, 1.82) is 0 Å². The molecule has 0 aliphatic heterocycles. The molecule has 0 aliphatic rings. The molecule has 0 radical (unpaired) electrons. The predicted molar refractivity (Wildman–Crippen MR) is 98.9 cm³/mol. The van der Waals surface area contributed by atoms with Crippen LogP contribution < -0.4 is 14.8 Å². The Morgan fingerprint density at radius 1 is 1.20 bits per heavy atom. The molecule has 0 atom stereocenters. The van der Waals surface area contributed by atoms with Gasteiger partial charge in [0.05, 0.1) is 19.9 Å². The number of aromatic nitrogens is 1. The van der Waals surface area contributed by atoms with Gasteiger partial charge in [-0.15, -0.1) is 0 Å². The average molecular weight is 343 g/mol. The second-order valence-electron chi connectivity index (χ2n) is 5.70. The lowest BCUT2D eigenvalue weighted by atomic mass is 10.2. The van der Waals surface area contributed by atoms with Crippen molar-refractivity contribution in [2.45, 2.75) is 19.8 Å². The number of nitrogens with zero attached hydrogens (tertiary/aromatic N) is 2. The van der Waals surface area contributed by atoms with Crippen LogP contribution in [0.25, 0.3) is 0 Å². The molecule has 1 aromatic carbocycles. The molecular formula is C19H25N3O3. The first kappa shape index (κ1) is 18.6. The van der Waals surface area contributed by atoms with Gasteiger partial charge in [-0.1, -0.05) is 13.3 Å². The van der Waals surface area contributed by atoms with E-state index in [1.54, 1.807) is 37.4 Å². The first-order chi connectivity index (χ1) is 12.1. The van der Waals surface area contributed by atoms with E-state index in [0.717, 1.165) is 25.1 Å². The van der Waals surface area contributed by atoms with Crippen LogP contribution in [0.4, 0.5) is 11.5 Å². The molecule has 1 amide bonds. The molecule has 6 nitrogen and oxygen atoms in total. The summed E-state index contributed by atoms with van der Waals surface area (Å²) in [7, 11) is 5.02. The van der Waals surface area contributed by atoms with Gasteiger partial charge in [0.15, 0.2) is 0 Å². The normalized spacial score (nSPS) is 10.2. The van der Waals surface area contributed by atoms with Gasteiger partial charge < -0.3 is 19.7 Å². The number of methoxy groups -OCH3 is 2. The third-order valence-electron chi connectivity index (χ3n) is 3.87. The number of hydrogen-bond donors (Lipinski definition) is 1. The average Bonchev–Trinajstić information content (AvgIpc) is 2.65. The van der Waals surface area contributed by atoms with E-state index in [1.807, 2.05) is 25.2 Å². The van der Waals surface area contributed by atoms with Gasteiger partial charge in [0, 0.05) is 31.4 Å². The maximum Gasteiger partial charge on any atom is 0.253 e. The summed E-state index contributed by atoms with van der Waals surface area (Å²) in [6.45, 7) is 2.85. The molecule has 1 heterocycles. The lowest BCUT2D eigenvalue weighted by molar-refractivity contribution is 0.0793. The molecule has 0 aliphatic carbocycles. The summed E-state index contributed by atoms with van der Waals surface area (Å²) in [5.41, 5.74) is 1.32. The molecule has 0 saturated carbocycles. The lowest BCUT2D eigenvalue weighted by Gasteiger charge is -2.17. The van der Waals surface area contributed by atoms with Gasteiger partial charge >= 0.3 is 0 Å². The van der Waals surface area contributed by atoms with Crippen molar-refractivity contribution in [3.05, 3.63) is 42.1 Å². The van der Waals surface area contributed by atoms with E-state index in [1.165, 1.54) is 0 Å². The van der Waals surface area contributed by atoms with Crippen molar-refractivity contribution in [2.75, 3.05) is 33.1 Å². The van der Waals surface area contributed by atoms with Gasteiger partial charge in [0.25, 0.3) is 5.91 Å². The van der Waals surface area contributed by atoms with E-state index in [9.17, 15) is 4.79 Å². The van der Waals surface area contributed by atoms with E-state index in [4.69, 9.17) is 9.47 Å². The summed E-state index contributed by atoms with van der Waals surface area (Å²) < 4.78 is 10.6. The number of ether oxygens (including phenoxy) is 2. The Kier molecular flexibility index (Phi) is 6.62. The highest BCUT2D eigenvalue weighted by Crippen LogP contribution is 2.31. The van der Waals surface area contributed by atoms with Crippen molar-refractivity contribution in [1.82, 2.24) is 9.88 Å². The molecule has 2 rings (SSSR count).